The predicted molar refractivity (Wildman–Crippen MR) is 85.0 cm³/mol. The van der Waals surface area contributed by atoms with Crippen molar-refractivity contribution in [2.75, 3.05) is 19.1 Å². The first-order chi connectivity index (χ1) is 10.1. The summed E-state index contributed by atoms with van der Waals surface area (Å²) in [5.41, 5.74) is 7.99. The molecule has 0 aliphatic carbocycles. The van der Waals surface area contributed by atoms with Crippen molar-refractivity contribution in [3.63, 3.8) is 0 Å². The molecule has 2 aromatic carbocycles. The van der Waals surface area contributed by atoms with Crippen LogP contribution in [0.2, 0.25) is 5.02 Å². The van der Waals surface area contributed by atoms with Crippen LogP contribution in [0.25, 0.3) is 0 Å². The maximum absolute atomic E-state index is 8.91. The molecule has 0 amide bonds. The Kier molecular flexibility index (Phi) is 4.55. The molecule has 0 fully saturated rings. The summed E-state index contributed by atoms with van der Waals surface area (Å²) in [4.78, 5) is 1.92. The Labute approximate surface area is 128 Å². The summed E-state index contributed by atoms with van der Waals surface area (Å²) >= 11 is 5.98. The lowest BCUT2D eigenvalue weighted by atomic mass is 10.1. The number of hydrogen-bond donors (Lipinski definition) is 2. The van der Waals surface area contributed by atoms with Crippen molar-refractivity contribution < 1.29 is 9.94 Å². The number of rotatable bonds is 4. The SMILES string of the molecule is COc1ccc(N(C)c2ccc(Cl)cc2C(N)=NO)cc1. The molecule has 6 heteroatoms. The number of nitrogens with two attached hydrogens (primary N) is 1. The van der Waals surface area contributed by atoms with E-state index in [-0.39, 0.29) is 5.84 Å². The fraction of sp³-hybridized carbons (Fsp3) is 0.133. The van der Waals surface area contributed by atoms with Gasteiger partial charge in [0.05, 0.1) is 12.8 Å². The Morgan fingerprint density at radius 1 is 1.24 bits per heavy atom. The van der Waals surface area contributed by atoms with E-state index in [0.717, 1.165) is 17.1 Å². The summed E-state index contributed by atoms with van der Waals surface area (Å²) in [5.74, 6) is 0.785. The third-order valence-corrected chi connectivity index (χ3v) is 3.40. The maximum Gasteiger partial charge on any atom is 0.172 e. The van der Waals surface area contributed by atoms with Gasteiger partial charge in [-0.2, -0.15) is 0 Å². The second-order valence-electron chi connectivity index (χ2n) is 4.40. The molecular weight excluding hydrogens is 290 g/mol. The fourth-order valence-corrected chi connectivity index (χ4v) is 2.18. The molecule has 110 valence electrons. The van der Waals surface area contributed by atoms with Crippen molar-refractivity contribution in [3.8, 4) is 5.75 Å². The number of oxime groups is 1. The van der Waals surface area contributed by atoms with Crippen LogP contribution in [-0.2, 0) is 0 Å². The third kappa shape index (κ3) is 3.20. The van der Waals surface area contributed by atoms with E-state index in [2.05, 4.69) is 5.16 Å². The molecule has 0 saturated heterocycles. The van der Waals surface area contributed by atoms with E-state index in [4.69, 9.17) is 27.3 Å². The minimum Gasteiger partial charge on any atom is -0.497 e. The van der Waals surface area contributed by atoms with Crippen LogP contribution in [0.15, 0.2) is 47.6 Å². The van der Waals surface area contributed by atoms with E-state index in [1.54, 1.807) is 19.2 Å². The summed E-state index contributed by atoms with van der Waals surface area (Å²) in [6.07, 6.45) is 0. The Morgan fingerprint density at radius 3 is 2.48 bits per heavy atom. The van der Waals surface area contributed by atoms with Crippen molar-refractivity contribution in [3.05, 3.63) is 53.1 Å². The van der Waals surface area contributed by atoms with Crippen LogP contribution in [-0.4, -0.2) is 25.2 Å². The summed E-state index contributed by atoms with van der Waals surface area (Å²) in [6.45, 7) is 0. The fourth-order valence-electron chi connectivity index (χ4n) is 2.00. The molecule has 21 heavy (non-hydrogen) atoms. The molecule has 0 aliphatic heterocycles. The van der Waals surface area contributed by atoms with Gasteiger partial charge in [-0.3, -0.25) is 0 Å². The van der Waals surface area contributed by atoms with Crippen LogP contribution in [0.3, 0.4) is 0 Å². The van der Waals surface area contributed by atoms with Crippen molar-refractivity contribution in [1.29, 1.82) is 0 Å². The number of benzene rings is 2. The van der Waals surface area contributed by atoms with Crippen LogP contribution < -0.4 is 15.4 Å². The minimum absolute atomic E-state index is 0.00728. The van der Waals surface area contributed by atoms with E-state index in [1.165, 1.54) is 0 Å². The standard InChI is InChI=1S/C15H16ClN3O2/c1-19(11-4-6-12(21-2)7-5-11)14-8-3-10(16)9-13(14)15(17)18-20/h3-9,20H,1-2H3,(H2,17,18). The maximum atomic E-state index is 8.91. The number of nitrogens with zero attached hydrogens (tertiary/aromatic N) is 2. The molecule has 0 atom stereocenters. The lowest BCUT2D eigenvalue weighted by Crippen LogP contribution is -2.19. The molecule has 2 aromatic rings. The van der Waals surface area contributed by atoms with Crippen LogP contribution in [0.5, 0.6) is 5.75 Å². The summed E-state index contributed by atoms with van der Waals surface area (Å²) in [7, 11) is 3.51. The molecule has 3 N–H and O–H groups in total. The van der Waals surface area contributed by atoms with Crippen molar-refractivity contribution >= 4 is 28.8 Å². The average Bonchev–Trinajstić information content (AvgIpc) is 2.53. The first-order valence-corrected chi connectivity index (χ1v) is 6.60. The number of hydrogen-bond acceptors (Lipinski definition) is 4. The second kappa shape index (κ2) is 6.37. The zero-order valence-corrected chi connectivity index (χ0v) is 12.5. The van der Waals surface area contributed by atoms with Gasteiger partial charge in [-0.15, -0.1) is 0 Å². The van der Waals surface area contributed by atoms with Crippen molar-refractivity contribution in [1.82, 2.24) is 0 Å². The van der Waals surface area contributed by atoms with Crippen LogP contribution in [0.1, 0.15) is 5.56 Å². The molecule has 0 saturated carbocycles. The molecule has 0 radical (unpaired) electrons. The average molecular weight is 306 g/mol. The number of amidine groups is 1. The number of ether oxygens (including phenoxy) is 1. The Balaban J connectivity index is 2.44. The Hall–Kier alpha value is -2.40. The number of methoxy groups -OCH3 is 1. The third-order valence-electron chi connectivity index (χ3n) is 3.16. The zero-order chi connectivity index (χ0) is 15.4. The molecule has 0 bridgehead atoms. The van der Waals surface area contributed by atoms with E-state index < -0.39 is 0 Å². The van der Waals surface area contributed by atoms with E-state index in [0.29, 0.717) is 10.6 Å². The minimum atomic E-state index is 0.00728. The topological polar surface area (TPSA) is 71.1 Å². The predicted octanol–water partition coefficient (Wildman–Crippen LogP) is 3.21. The van der Waals surface area contributed by atoms with E-state index in [1.807, 2.05) is 42.3 Å². The summed E-state index contributed by atoms with van der Waals surface area (Å²) in [5, 5.41) is 12.5. The van der Waals surface area contributed by atoms with Gasteiger partial charge in [-0.05, 0) is 42.5 Å². The smallest absolute Gasteiger partial charge is 0.172 e. The van der Waals surface area contributed by atoms with Crippen LogP contribution in [0, 0.1) is 0 Å². The van der Waals surface area contributed by atoms with Gasteiger partial charge < -0.3 is 20.6 Å². The molecular formula is C15H16ClN3O2. The molecule has 0 heterocycles. The monoisotopic (exact) mass is 305 g/mol. The van der Waals surface area contributed by atoms with Crippen molar-refractivity contribution in [2.24, 2.45) is 10.9 Å². The Bertz CT molecular complexity index is 656. The molecule has 0 aromatic heterocycles. The van der Waals surface area contributed by atoms with Gasteiger partial charge >= 0.3 is 0 Å². The molecule has 0 spiro atoms. The van der Waals surface area contributed by atoms with E-state index in [9.17, 15) is 0 Å². The summed E-state index contributed by atoms with van der Waals surface area (Å²) < 4.78 is 5.14. The second-order valence-corrected chi connectivity index (χ2v) is 4.84. The molecule has 0 unspecified atom stereocenters. The van der Waals surface area contributed by atoms with Crippen LogP contribution >= 0.6 is 11.6 Å². The highest BCUT2D eigenvalue weighted by molar-refractivity contribution is 6.31. The number of anilines is 2. The van der Waals surface area contributed by atoms with Gasteiger partial charge in [0.1, 0.15) is 5.75 Å². The first-order valence-electron chi connectivity index (χ1n) is 6.22. The lowest BCUT2D eigenvalue weighted by molar-refractivity contribution is 0.318. The van der Waals surface area contributed by atoms with Gasteiger partial charge in [0.25, 0.3) is 0 Å². The Morgan fingerprint density at radius 2 is 1.90 bits per heavy atom. The van der Waals surface area contributed by atoms with Gasteiger partial charge in [-0.1, -0.05) is 16.8 Å². The molecule has 5 nitrogen and oxygen atoms in total. The van der Waals surface area contributed by atoms with Gasteiger partial charge in [-0.25, -0.2) is 0 Å². The largest absolute Gasteiger partial charge is 0.497 e. The van der Waals surface area contributed by atoms with Crippen molar-refractivity contribution in [2.45, 2.75) is 0 Å². The summed E-state index contributed by atoms with van der Waals surface area (Å²) in [6, 6.07) is 12.8. The highest BCUT2D eigenvalue weighted by Gasteiger charge is 2.13. The zero-order valence-electron chi connectivity index (χ0n) is 11.7. The van der Waals surface area contributed by atoms with Crippen LogP contribution in [0.4, 0.5) is 11.4 Å². The van der Waals surface area contributed by atoms with Gasteiger partial charge in [0, 0.05) is 23.3 Å². The van der Waals surface area contributed by atoms with E-state index >= 15 is 0 Å². The number of halogens is 1. The highest BCUT2D eigenvalue weighted by atomic mass is 35.5. The first kappa shape index (κ1) is 15.0. The van der Waals surface area contributed by atoms with Gasteiger partial charge in [0.2, 0.25) is 0 Å². The quantitative estimate of drug-likeness (QED) is 0.394. The van der Waals surface area contributed by atoms with Gasteiger partial charge in [0.15, 0.2) is 5.84 Å². The molecule has 2 rings (SSSR count). The molecule has 0 aliphatic rings. The normalized spacial score (nSPS) is 11.3. The lowest BCUT2D eigenvalue weighted by Gasteiger charge is -2.22. The highest BCUT2D eigenvalue weighted by Crippen LogP contribution is 2.30.